The SMILES string of the molecule is Cc1cccc(N2CCN3CCCC3C2)c1N. The third-order valence-corrected chi connectivity index (χ3v) is 4.23. The van der Waals surface area contributed by atoms with Crippen molar-refractivity contribution in [2.45, 2.75) is 25.8 Å². The number of rotatable bonds is 1. The lowest BCUT2D eigenvalue weighted by Crippen LogP contribution is -2.50. The summed E-state index contributed by atoms with van der Waals surface area (Å²) in [4.78, 5) is 5.09. The van der Waals surface area contributed by atoms with Crippen LogP contribution in [-0.2, 0) is 0 Å². The van der Waals surface area contributed by atoms with Crippen molar-refractivity contribution < 1.29 is 0 Å². The van der Waals surface area contributed by atoms with Gasteiger partial charge in [-0.25, -0.2) is 0 Å². The molecule has 0 bridgehead atoms. The Balaban J connectivity index is 1.82. The molecule has 1 atom stereocenters. The predicted molar refractivity (Wildman–Crippen MR) is 72.4 cm³/mol. The number of hydrogen-bond donors (Lipinski definition) is 1. The number of para-hydroxylation sites is 1. The molecule has 2 saturated heterocycles. The summed E-state index contributed by atoms with van der Waals surface area (Å²) < 4.78 is 0. The van der Waals surface area contributed by atoms with Crippen LogP contribution in [0.25, 0.3) is 0 Å². The number of benzene rings is 1. The van der Waals surface area contributed by atoms with E-state index < -0.39 is 0 Å². The van der Waals surface area contributed by atoms with Gasteiger partial charge in [0.15, 0.2) is 0 Å². The lowest BCUT2D eigenvalue weighted by Gasteiger charge is -2.39. The van der Waals surface area contributed by atoms with E-state index in [1.807, 2.05) is 0 Å². The Morgan fingerprint density at radius 1 is 1.24 bits per heavy atom. The summed E-state index contributed by atoms with van der Waals surface area (Å²) in [5, 5.41) is 0. The van der Waals surface area contributed by atoms with Crippen molar-refractivity contribution >= 4 is 11.4 Å². The average molecular weight is 231 g/mol. The van der Waals surface area contributed by atoms with Crippen LogP contribution in [0, 0.1) is 6.92 Å². The first kappa shape index (κ1) is 10.9. The van der Waals surface area contributed by atoms with E-state index >= 15 is 0 Å². The lowest BCUT2D eigenvalue weighted by molar-refractivity contribution is 0.231. The van der Waals surface area contributed by atoms with E-state index in [-0.39, 0.29) is 0 Å². The molecule has 2 N–H and O–H groups in total. The first-order chi connectivity index (χ1) is 8.25. The maximum Gasteiger partial charge on any atom is 0.0603 e. The van der Waals surface area contributed by atoms with Gasteiger partial charge in [0.25, 0.3) is 0 Å². The Labute approximate surface area is 103 Å². The summed E-state index contributed by atoms with van der Waals surface area (Å²) in [6, 6.07) is 7.11. The lowest BCUT2D eigenvalue weighted by atomic mass is 10.1. The molecule has 0 radical (unpaired) electrons. The molecule has 3 nitrogen and oxygen atoms in total. The molecule has 92 valence electrons. The highest BCUT2D eigenvalue weighted by Gasteiger charge is 2.31. The molecule has 0 saturated carbocycles. The second-order valence-corrected chi connectivity index (χ2v) is 5.29. The third-order valence-electron chi connectivity index (χ3n) is 4.23. The Morgan fingerprint density at radius 2 is 2.12 bits per heavy atom. The van der Waals surface area contributed by atoms with E-state index in [4.69, 9.17) is 5.73 Å². The molecule has 0 aliphatic carbocycles. The van der Waals surface area contributed by atoms with Gasteiger partial charge in [-0.2, -0.15) is 0 Å². The Hall–Kier alpha value is -1.22. The predicted octanol–water partition coefficient (Wildman–Crippen LogP) is 1.86. The molecular weight excluding hydrogens is 210 g/mol. The number of nitrogens with two attached hydrogens (primary N) is 1. The molecule has 0 aromatic heterocycles. The second-order valence-electron chi connectivity index (χ2n) is 5.29. The minimum atomic E-state index is 0.753. The van der Waals surface area contributed by atoms with E-state index in [0.29, 0.717) is 0 Å². The van der Waals surface area contributed by atoms with Crippen molar-refractivity contribution in [1.29, 1.82) is 0 Å². The van der Waals surface area contributed by atoms with Gasteiger partial charge in [0.2, 0.25) is 0 Å². The van der Waals surface area contributed by atoms with Crippen LogP contribution in [0.15, 0.2) is 18.2 Å². The monoisotopic (exact) mass is 231 g/mol. The van der Waals surface area contributed by atoms with E-state index in [1.54, 1.807) is 0 Å². The highest BCUT2D eigenvalue weighted by atomic mass is 15.3. The Morgan fingerprint density at radius 3 is 3.00 bits per heavy atom. The maximum atomic E-state index is 6.20. The topological polar surface area (TPSA) is 32.5 Å². The van der Waals surface area contributed by atoms with Gasteiger partial charge in [0.05, 0.1) is 11.4 Å². The number of nitrogens with zero attached hydrogens (tertiary/aromatic N) is 2. The number of piperazine rings is 1. The van der Waals surface area contributed by atoms with Gasteiger partial charge in [0.1, 0.15) is 0 Å². The molecule has 17 heavy (non-hydrogen) atoms. The molecule has 3 rings (SSSR count). The third kappa shape index (κ3) is 1.89. The molecule has 2 fully saturated rings. The van der Waals surface area contributed by atoms with E-state index in [2.05, 4.69) is 34.9 Å². The summed E-state index contributed by atoms with van der Waals surface area (Å²) in [6.45, 7) is 6.84. The first-order valence-electron chi connectivity index (χ1n) is 6.60. The van der Waals surface area contributed by atoms with Gasteiger partial charge in [-0.15, -0.1) is 0 Å². The fourth-order valence-electron chi connectivity index (χ4n) is 3.15. The van der Waals surface area contributed by atoms with Crippen molar-refractivity contribution in [3.63, 3.8) is 0 Å². The first-order valence-corrected chi connectivity index (χ1v) is 6.60. The van der Waals surface area contributed by atoms with E-state index in [0.717, 1.165) is 24.8 Å². The van der Waals surface area contributed by atoms with Gasteiger partial charge in [-0.1, -0.05) is 12.1 Å². The zero-order valence-corrected chi connectivity index (χ0v) is 10.5. The highest BCUT2D eigenvalue weighted by molar-refractivity contribution is 5.71. The maximum absolute atomic E-state index is 6.20. The second kappa shape index (κ2) is 4.22. The van der Waals surface area contributed by atoms with Crippen LogP contribution < -0.4 is 10.6 Å². The minimum Gasteiger partial charge on any atom is -0.397 e. The summed E-state index contributed by atoms with van der Waals surface area (Å²) in [7, 11) is 0. The molecule has 0 amide bonds. The number of aryl methyl sites for hydroxylation is 1. The molecule has 1 unspecified atom stereocenters. The summed E-state index contributed by atoms with van der Waals surface area (Å²) in [5.41, 5.74) is 9.58. The minimum absolute atomic E-state index is 0.753. The van der Waals surface area contributed by atoms with Crippen LogP contribution in [0.4, 0.5) is 11.4 Å². The highest BCUT2D eigenvalue weighted by Crippen LogP contribution is 2.30. The van der Waals surface area contributed by atoms with Crippen molar-refractivity contribution in [1.82, 2.24) is 4.90 Å². The fraction of sp³-hybridized carbons (Fsp3) is 0.571. The van der Waals surface area contributed by atoms with Crippen LogP contribution in [-0.4, -0.2) is 37.1 Å². The van der Waals surface area contributed by atoms with Crippen LogP contribution in [0.2, 0.25) is 0 Å². The molecular formula is C14H21N3. The smallest absolute Gasteiger partial charge is 0.0603 e. The summed E-state index contributed by atoms with van der Waals surface area (Å²) in [5.74, 6) is 0. The van der Waals surface area contributed by atoms with Gasteiger partial charge in [0, 0.05) is 25.7 Å². The average Bonchev–Trinajstić information content (AvgIpc) is 2.79. The number of anilines is 2. The van der Waals surface area contributed by atoms with Crippen molar-refractivity contribution in [3.05, 3.63) is 23.8 Å². The molecule has 2 heterocycles. The van der Waals surface area contributed by atoms with Gasteiger partial charge in [-0.3, -0.25) is 4.90 Å². The van der Waals surface area contributed by atoms with E-state index in [9.17, 15) is 0 Å². The Kier molecular flexibility index (Phi) is 2.71. The van der Waals surface area contributed by atoms with Crippen LogP contribution in [0.1, 0.15) is 18.4 Å². The zero-order chi connectivity index (χ0) is 11.8. The van der Waals surface area contributed by atoms with Crippen LogP contribution in [0.3, 0.4) is 0 Å². The number of nitrogen functional groups attached to an aromatic ring is 1. The van der Waals surface area contributed by atoms with Crippen LogP contribution in [0.5, 0.6) is 0 Å². The molecule has 2 aliphatic heterocycles. The molecule has 1 aromatic rings. The standard InChI is InChI=1S/C14H21N3/c1-11-4-2-6-13(14(11)15)17-9-8-16-7-3-5-12(16)10-17/h2,4,6,12H,3,5,7-10,15H2,1H3. The van der Waals surface area contributed by atoms with Gasteiger partial charge >= 0.3 is 0 Å². The van der Waals surface area contributed by atoms with Crippen molar-refractivity contribution in [2.75, 3.05) is 36.8 Å². The summed E-state index contributed by atoms with van der Waals surface area (Å²) >= 11 is 0. The quantitative estimate of drug-likeness (QED) is 0.749. The number of fused-ring (bicyclic) bond motifs is 1. The van der Waals surface area contributed by atoms with Gasteiger partial charge in [-0.05, 0) is 37.9 Å². The molecule has 1 aromatic carbocycles. The zero-order valence-electron chi connectivity index (χ0n) is 10.5. The molecule has 3 heteroatoms. The normalized spacial score (nSPS) is 25.0. The Bertz CT molecular complexity index is 416. The molecule has 0 spiro atoms. The number of hydrogen-bond acceptors (Lipinski definition) is 3. The largest absolute Gasteiger partial charge is 0.397 e. The molecule has 2 aliphatic rings. The van der Waals surface area contributed by atoms with Crippen molar-refractivity contribution in [3.8, 4) is 0 Å². The fourth-order valence-corrected chi connectivity index (χ4v) is 3.15. The summed E-state index contributed by atoms with van der Waals surface area (Å²) in [6.07, 6.45) is 2.71. The van der Waals surface area contributed by atoms with E-state index in [1.165, 1.54) is 37.2 Å². The van der Waals surface area contributed by atoms with Crippen LogP contribution >= 0.6 is 0 Å². The van der Waals surface area contributed by atoms with Gasteiger partial charge < -0.3 is 10.6 Å². The van der Waals surface area contributed by atoms with Crippen molar-refractivity contribution in [2.24, 2.45) is 0 Å².